The van der Waals surface area contributed by atoms with Crippen LogP contribution in [0.15, 0.2) is 54.2 Å². The van der Waals surface area contributed by atoms with Crippen molar-refractivity contribution in [3.8, 4) is 0 Å². The monoisotopic (exact) mass is 478 g/mol. The summed E-state index contributed by atoms with van der Waals surface area (Å²) in [4.78, 5) is 10.5. The van der Waals surface area contributed by atoms with Crippen molar-refractivity contribution in [2.45, 2.75) is 71.8 Å². The molecule has 3 aliphatic carbocycles. The Kier molecular flexibility index (Phi) is 10.7. The van der Waals surface area contributed by atoms with Crippen molar-refractivity contribution >= 4 is 17.7 Å². The van der Waals surface area contributed by atoms with Crippen LogP contribution in [0.25, 0.3) is 0 Å². The molecule has 0 spiro atoms. The number of hydrogen-bond donors (Lipinski definition) is 2. The number of methoxy groups -OCH3 is 1. The fourth-order valence-corrected chi connectivity index (χ4v) is 6.23. The maximum absolute atomic E-state index is 10.5. The molecule has 4 heteroatoms. The van der Waals surface area contributed by atoms with Crippen LogP contribution in [0.2, 0.25) is 0 Å². The average Bonchev–Trinajstić information content (AvgIpc) is 2.84. The van der Waals surface area contributed by atoms with Gasteiger partial charge in [-0.1, -0.05) is 51.0 Å². The van der Waals surface area contributed by atoms with Crippen molar-refractivity contribution in [3.63, 3.8) is 0 Å². The Hall–Kier alpha value is -2.33. The van der Waals surface area contributed by atoms with Gasteiger partial charge in [-0.05, 0) is 104 Å². The fourth-order valence-electron chi connectivity index (χ4n) is 6.23. The SMILES string of the molecule is CC1CCC(C2CCC(C3=CC(C)C(/C=C/C=O)C=C3)CC2)CC1.COCc1cc(N)cc(N)c1. The molecule has 0 amide bonds. The zero-order valence-electron chi connectivity index (χ0n) is 22.0. The minimum atomic E-state index is 0.388. The van der Waals surface area contributed by atoms with Crippen molar-refractivity contribution in [3.05, 3.63) is 59.7 Å². The van der Waals surface area contributed by atoms with E-state index in [9.17, 15) is 4.79 Å². The van der Waals surface area contributed by atoms with Crippen LogP contribution in [0.4, 0.5) is 11.4 Å². The Morgan fingerprint density at radius 3 is 2.06 bits per heavy atom. The molecule has 0 aromatic heterocycles. The molecular weight excluding hydrogens is 432 g/mol. The van der Waals surface area contributed by atoms with Crippen LogP contribution in [-0.4, -0.2) is 13.4 Å². The van der Waals surface area contributed by atoms with Gasteiger partial charge in [0.1, 0.15) is 6.29 Å². The van der Waals surface area contributed by atoms with Gasteiger partial charge in [-0.2, -0.15) is 0 Å². The third-order valence-electron chi connectivity index (χ3n) is 8.30. The number of ether oxygens (including phenoxy) is 1. The summed E-state index contributed by atoms with van der Waals surface area (Å²) < 4.78 is 4.93. The minimum absolute atomic E-state index is 0.388. The highest BCUT2D eigenvalue weighted by Gasteiger charge is 2.31. The van der Waals surface area contributed by atoms with Gasteiger partial charge in [0.15, 0.2) is 0 Å². The van der Waals surface area contributed by atoms with Gasteiger partial charge in [0.25, 0.3) is 0 Å². The molecule has 2 saturated carbocycles. The lowest BCUT2D eigenvalue weighted by atomic mass is 9.68. The Morgan fingerprint density at radius 2 is 1.51 bits per heavy atom. The zero-order chi connectivity index (χ0) is 25.2. The van der Waals surface area contributed by atoms with Crippen molar-refractivity contribution in [1.29, 1.82) is 0 Å². The summed E-state index contributed by atoms with van der Waals surface area (Å²) >= 11 is 0. The smallest absolute Gasteiger partial charge is 0.142 e. The summed E-state index contributed by atoms with van der Waals surface area (Å²) in [6.45, 7) is 5.25. The number of allylic oxidation sites excluding steroid dienone is 6. The van der Waals surface area contributed by atoms with E-state index in [-0.39, 0.29) is 0 Å². The molecule has 2 atom stereocenters. The van der Waals surface area contributed by atoms with Crippen LogP contribution in [0.1, 0.15) is 70.8 Å². The lowest BCUT2D eigenvalue weighted by Gasteiger charge is -2.38. The number of rotatable bonds is 6. The topological polar surface area (TPSA) is 78.3 Å². The Morgan fingerprint density at radius 1 is 0.914 bits per heavy atom. The van der Waals surface area contributed by atoms with Crippen LogP contribution < -0.4 is 11.5 Å². The molecule has 0 heterocycles. The van der Waals surface area contributed by atoms with E-state index in [4.69, 9.17) is 16.2 Å². The number of benzene rings is 1. The first kappa shape index (κ1) is 27.3. The van der Waals surface area contributed by atoms with Gasteiger partial charge in [0.2, 0.25) is 0 Å². The molecule has 3 aliphatic rings. The third-order valence-corrected chi connectivity index (χ3v) is 8.30. The summed E-state index contributed by atoms with van der Waals surface area (Å²) in [6.07, 6.45) is 23.2. The first-order valence-corrected chi connectivity index (χ1v) is 13.5. The Bertz CT molecular complexity index is 867. The number of anilines is 2. The molecule has 1 aromatic rings. The summed E-state index contributed by atoms with van der Waals surface area (Å²) in [5, 5.41) is 0. The van der Waals surface area contributed by atoms with Crippen LogP contribution in [0.5, 0.6) is 0 Å². The van der Waals surface area contributed by atoms with E-state index in [0.717, 1.165) is 35.5 Å². The van der Waals surface area contributed by atoms with Gasteiger partial charge in [0.05, 0.1) is 6.61 Å². The summed E-state index contributed by atoms with van der Waals surface area (Å²) in [5.41, 5.74) is 15.0. The summed E-state index contributed by atoms with van der Waals surface area (Å²) in [6, 6.07) is 5.42. The number of nitrogen functional groups attached to an aromatic ring is 2. The highest BCUT2D eigenvalue weighted by molar-refractivity contribution is 5.64. The van der Waals surface area contributed by atoms with Crippen LogP contribution in [-0.2, 0) is 16.1 Å². The van der Waals surface area contributed by atoms with E-state index in [1.807, 2.05) is 18.2 Å². The lowest BCUT2D eigenvalue weighted by Crippen LogP contribution is -2.26. The second-order valence-corrected chi connectivity index (χ2v) is 11.1. The maximum Gasteiger partial charge on any atom is 0.142 e. The van der Waals surface area contributed by atoms with Crippen LogP contribution in [0.3, 0.4) is 0 Å². The van der Waals surface area contributed by atoms with Crippen molar-refractivity contribution in [1.82, 2.24) is 0 Å². The Balaban J connectivity index is 0.000000261. The molecule has 4 rings (SSSR count). The van der Waals surface area contributed by atoms with E-state index in [1.165, 1.54) is 51.4 Å². The van der Waals surface area contributed by atoms with Crippen molar-refractivity contribution in [2.24, 2.45) is 35.5 Å². The van der Waals surface area contributed by atoms with E-state index in [0.29, 0.717) is 29.8 Å². The van der Waals surface area contributed by atoms with Gasteiger partial charge >= 0.3 is 0 Å². The van der Waals surface area contributed by atoms with Gasteiger partial charge < -0.3 is 16.2 Å². The predicted octanol–water partition coefficient (Wildman–Crippen LogP) is 7.12. The Labute approximate surface area is 212 Å². The van der Waals surface area contributed by atoms with Crippen molar-refractivity contribution < 1.29 is 9.53 Å². The fraction of sp³-hybridized carbons (Fsp3) is 0.581. The number of carbonyl (C=O) groups is 1. The zero-order valence-corrected chi connectivity index (χ0v) is 22.0. The van der Waals surface area contributed by atoms with Gasteiger partial charge in [-0.3, -0.25) is 4.79 Å². The second-order valence-electron chi connectivity index (χ2n) is 11.1. The number of nitrogens with two attached hydrogens (primary N) is 2. The highest BCUT2D eigenvalue weighted by atomic mass is 16.5. The molecule has 2 fully saturated rings. The van der Waals surface area contributed by atoms with E-state index >= 15 is 0 Å². The molecule has 0 aliphatic heterocycles. The number of carbonyl (C=O) groups excluding carboxylic acids is 1. The summed E-state index contributed by atoms with van der Waals surface area (Å²) in [5.74, 6) is 4.67. The normalized spacial score (nSPS) is 30.9. The molecule has 0 bridgehead atoms. The number of hydrogen-bond acceptors (Lipinski definition) is 4. The molecule has 35 heavy (non-hydrogen) atoms. The maximum atomic E-state index is 10.5. The summed E-state index contributed by atoms with van der Waals surface area (Å²) in [7, 11) is 1.64. The minimum Gasteiger partial charge on any atom is -0.399 e. The molecule has 4 N–H and O–H groups in total. The highest BCUT2D eigenvalue weighted by Crippen LogP contribution is 2.43. The van der Waals surface area contributed by atoms with Crippen molar-refractivity contribution in [2.75, 3.05) is 18.6 Å². The molecule has 4 nitrogen and oxygen atoms in total. The van der Waals surface area contributed by atoms with E-state index in [2.05, 4.69) is 32.1 Å². The van der Waals surface area contributed by atoms with Gasteiger partial charge in [-0.15, -0.1) is 0 Å². The predicted molar refractivity (Wildman–Crippen MR) is 148 cm³/mol. The van der Waals surface area contributed by atoms with E-state index < -0.39 is 0 Å². The molecule has 192 valence electrons. The standard InChI is InChI=1S/C23H34O.C8H12N2O/c1-17-5-7-20(8-6-17)21-10-12-22(13-11-21)23-14-9-19(4-3-15-24)18(2)16-23;1-11-5-6-2-7(9)4-8(10)3-6/h3-4,9,14-22H,5-8,10-13H2,1-2H3;2-4H,5,9-10H2,1H3/b4-3+;. The second kappa shape index (κ2) is 13.7. The van der Waals surface area contributed by atoms with E-state index in [1.54, 1.807) is 24.8 Å². The largest absolute Gasteiger partial charge is 0.399 e. The van der Waals surface area contributed by atoms with Crippen LogP contribution >= 0.6 is 0 Å². The average molecular weight is 479 g/mol. The molecule has 1 aromatic carbocycles. The molecule has 2 unspecified atom stereocenters. The van der Waals surface area contributed by atoms with Crippen LogP contribution in [0, 0.1) is 35.5 Å². The molecular formula is C31H46N2O2. The van der Waals surface area contributed by atoms with Gasteiger partial charge in [-0.25, -0.2) is 0 Å². The first-order chi connectivity index (χ1) is 16.9. The lowest BCUT2D eigenvalue weighted by molar-refractivity contribution is -0.104. The molecule has 0 radical (unpaired) electrons. The number of aldehydes is 1. The first-order valence-electron chi connectivity index (χ1n) is 13.5. The van der Waals surface area contributed by atoms with Gasteiger partial charge in [0, 0.05) is 24.4 Å². The quantitative estimate of drug-likeness (QED) is 0.259. The third kappa shape index (κ3) is 8.38. The molecule has 0 saturated heterocycles.